The second kappa shape index (κ2) is 3.15. The summed E-state index contributed by atoms with van der Waals surface area (Å²) in [6, 6.07) is -1.06. The van der Waals surface area contributed by atoms with Gasteiger partial charge in [-0.2, -0.15) is 0 Å². The molecule has 2 N–H and O–H groups in total. The number of hydrogen-bond donors (Lipinski definition) is 2. The molecule has 4 heteroatoms. The number of carbonyl (C=O) groups is 2. The molecule has 0 rings (SSSR count). The van der Waals surface area contributed by atoms with Crippen molar-refractivity contribution in [2.75, 3.05) is 7.05 Å². The van der Waals surface area contributed by atoms with E-state index in [0.717, 1.165) is 0 Å². The first-order valence-corrected chi connectivity index (χ1v) is 2.07. The molecule has 0 aromatic rings. The Morgan fingerprint density at radius 2 is 2.38 bits per heavy atom. The summed E-state index contributed by atoms with van der Waals surface area (Å²) in [4.78, 5) is 19.6. The lowest BCUT2D eigenvalue weighted by molar-refractivity contribution is -0.140. The van der Waals surface area contributed by atoms with E-state index < -0.39 is 12.0 Å². The Kier molecular flexibility index (Phi) is 2.79. The Balaban J connectivity index is 3.69. The van der Waals surface area contributed by atoms with Crippen LogP contribution in [0.5, 0.6) is 0 Å². The van der Waals surface area contributed by atoms with Crippen LogP contribution >= 0.6 is 0 Å². The van der Waals surface area contributed by atoms with Crippen molar-refractivity contribution in [2.24, 2.45) is 0 Å². The van der Waals surface area contributed by atoms with E-state index in [2.05, 4.69) is 5.32 Å². The summed E-state index contributed by atoms with van der Waals surface area (Å²) in [5.41, 5.74) is 0. The molecule has 0 aromatic carbocycles. The van der Waals surface area contributed by atoms with Gasteiger partial charge in [0.15, 0.2) is 6.04 Å². The van der Waals surface area contributed by atoms with Gasteiger partial charge >= 0.3 is 5.97 Å². The molecule has 0 aliphatic carbocycles. The van der Waals surface area contributed by atoms with Crippen molar-refractivity contribution in [1.29, 1.82) is 0 Å². The number of likely N-dealkylation sites (N-methyl/N-ethyl adjacent to an activating group) is 1. The Hall–Kier alpha value is -0.900. The minimum Gasteiger partial charge on any atom is -0.480 e. The topological polar surface area (TPSA) is 66.4 Å². The van der Waals surface area contributed by atoms with Gasteiger partial charge in [0.1, 0.15) is 6.29 Å². The van der Waals surface area contributed by atoms with Gasteiger partial charge in [0.25, 0.3) is 0 Å². The maximum Gasteiger partial charge on any atom is 0.328 e. The van der Waals surface area contributed by atoms with Gasteiger partial charge in [-0.1, -0.05) is 0 Å². The molecule has 0 radical (unpaired) electrons. The number of rotatable bonds is 3. The second-order valence-electron chi connectivity index (χ2n) is 1.24. The van der Waals surface area contributed by atoms with Gasteiger partial charge in [-0.05, 0) is 7.05 Å². The van der Waals surface area contributed by atoms with Crippen LogP contribution in [0.1, 0.15) is 0 Å². The predicted octanol–water partition coefficient (Wildman–Crippen LogP) is -1.14. The minimum atomic E-state index is -1.15. The minimum absolute atomic E-state index is 0.336. The zero-order valence-corrected chi connectivity index (χ0v) is 4.42. The zero-order chi connectivity index (χ0) is 6.57. The molecule has 46 valence electrons. The summed E-state index contributed by atoms with van der Waals surface area (Å²) >= 11 is 0. The molecule has 0 aromatic heterocycles. The molecule has 0 spiro atoms. The number of aldehydes is 1. The maximum absolute atomic E-state index is 9.87. The Morgan fingerprint density at radius 1 is 1.88 bits per heavy atom. The first kappa shape index (κ1) is 7.10. The average molecular weight is 117 g/mol. The van der Waals surface area contributed by atoms with Crippen molar-refractivity contribution < 1.29 is 14.7 Å². The third-order valence-corrected chi connectivity index (χ3v) is 0.713. The van der Waals surface area contributed by atoms with Crippen molar-refractivity contribution in [1.82, 2.24) is 5.32 Å². The molecule has 0 saturated carbocycles. The van der Waals surface area contributed by atoms with E-state index in [4.69, 9.17) is 5.11 Å². The first-order valence-electron chi connectivity index (χ1n) is 2.07. The number of hydrogen-bond acceptors (Lipinski definition) is 3. The molecule has 0 bridgehead atoms. The molecule has 1 atom stereocenters. The standard InChI is InChI=1S/C4H7NO3/c1-5-3(2-6)4(7)8/h2-3,5H,1H3,(H,7,8). The fraction of sp³-hybridized carbons (Fsp3) is 0.500. The van der Waals surface area contributed by atoms with Crippen LogP contribution in [0.2, 0.25) is 0 Å². The first-order chi connectivity index (χ1) is 3.72. The highest BCUT2D eigenvalue weighted by molar-refractivity contribution is 5.90. The lowest BCUT2D eigenvalue weighted by Crippen LogP contribution is -2.34. The van der Waals surface area contributed by atoms with E-state index in [1.54, 1.807) is 0 Å². The number of aliphatic carboxylic acids is 1. The molecule has 1 unspecified atom stereocenters. The van der Waals surface area contributed by atoms with Gasteiger partial charge in [-0.3, -0.25) is 4.79 Å². The van der Waals surface area contributed by atoms with E-state index in [-0.39, 0.29) is 0 Å². The molecule has 8 heavy (non-hydrogen) atoms. The van der Waals surface area contributed by atoms with Crippen molar-refractivity contribution >= 4 is 12.3 Å². The number of nitrogens with one attached hydrogen (secondary N) is 1. The molecule has 0 amide bonds. The maximum atomic E-state index is 9.87. The van der Waals surface area contributed by atoms with Crippen molar-refractivity contribution in [3.63, 3.8) is 0 Å². The summed E-state index contributed by atoms with van der Waals surface area (Å²) < 4.78 is 0. The van der Waals surface area contributed by atoms with E-state index in [1.165, 1.54) is 7.05 Å². The van der Waals surface area contributed by atoms with Gasteiger partial charge < -0.3 is 15.2 Å². The highest BCUT2D eigenvalue weighted by Gasteiger charge is 2.11. The third-order valence-electron chi connectivity index (χ3n) is 0.713. The lowest BCUT2D eigenvalue weighted by Gasteiger charge is -1.98. The summed E-state index contributed by atoms with van der Waals surface area (Å²) in [5.74, 6) is -1.15. The monoisotopic (exact) mass is 117 g/mol. The number of carbonyl (C=O) groups excluding carboxylic acids is 1. The molecule has 4 nitrogen and oxygen atoms in total. The smallest absolute Gasteiger partial charge is 0.328 e. The van der Waals surface area contributed by atoms with E-state index in [9.17, 15) is 9.59 Å². The van der Waals surface area contributed by atoms with Gasteiger partial charge in [-0.15, -0.1) is 0 Å². The van der Waals surface area contributed by atoms with E-state index >= 15 is 0 Å². The molecule has 0 heterocycles. The number of carboxylic acids is 1. The molecular weight excluding hydrogens is 110 g/mol. The lowest BCUT2D eigenvalue weighted by atomic mass is 10.3. The summed E-state index contributed by atoms with van der Waals surface area (Å²) in [7, 11) is 1.41. The third kappa shape index (κ3) is 1.70. The van der Waals surface area contributed by atoms with Crippen LogP contribution < -0.4 is 5.32 Å². The summed E-state index contributed by atoms with van der Waals surface area (Å²) in [6.45, 7) is 0. The molecule has 0 aliphatic rings. The van der Waals surface area contributed by atoms with Gasteiger partial charge in [0, 0.05) is 0 Å². The predicted molar refractivity (Wildman–Crippen MR) is 26.5 cm³/mol. The van der Waals surface area contributed by atoms with E-state index in [1.807, 2.05) is 0 Å². The van der Waals surface area contributed by atoms with Crippen LogP contribution in [0.15, 0.2) is 0 Å². The van der Waals surface area contributed by atoms with Gasteiger partial charge in [0.05, 0.1) is 0 Å². The highest BCUT2D eigenvalue weighted by atomic mass is 16.4. The van der Waals surface area contributed by atoms with Crippen LogP contribution in [-0.2, 0) is 9.59 Å². The quantitative estimate of drug-likeness (QED) is 0.362. The van der Waals surface area contributed by atoms with Crippen LogP contribution in [0.25, 0.3) is 0 Å². The van der Waals surface area contributed by atoms with Crippen molar-refractivity contribution in [3.05, 3.63) is 0 Å². The molecule has 0 aliphatic heterocycles. The van der Waals surface area contributed by atoms with E-state index in [0.29, 0.717) is 6.29 Å². The van der Waals surface area contributed by atoms with Crippen LogP contribution in [0.4, 0.5) is 0 Å². The fourth-order valence-electron chi connectivity index (χ4n) is 0.250. The SMILES string of the molecule is CNC(C=O)C(=O)O. The van der Waals surface area contributed by atoms with Crippen molar-refractivity contribution in [2.45, 2.75) is 6.04 Å². The van der Waals surface area contributed by atoms with Crippen molar-refractivity contribution in [3.8, 4) is 0 Å². The fourth-order valence-corrected chi connectivity index (χ4v) is 0.250. The van der Waals surface area contributed by atoms with Gasteiger partial charge in [0.2, 0.25) is 0 Å². The van der Waals surface area contributed by atoms with Gasteiger partial charge in [-0.25, -0.2) is 0 Å². The molecule has 0 saturated heterocycles. The average Bonchev–Trinajstić information content (AvgIpc) is 1.69. The second-order valence-corrected chi connectivity index (χ2v) is 1.24. The van der Waals surface area contributed by atoms with Crippen LogP contribution in [0, 0.1) is 0 Å². The highest BCUT2D eigenvalue weighted by Crippen LogP contribution is 1.72. The molecule has 0 fully saturated rings. The molecular formula is C4H7NO3. The van der Waals surface area contributed by atoms with Crippen LogP contribution in [-0.4, -0.2) is 30.5 Å². The number of carboxylic acid groups (broad SMARTS) is 1. The Bertz CT molecular complexity index is 101. The zero-order valence-electron chi connectivity index (χ0n) is 4.42. The summed E-state index contributed by atoms with van der Waals surface area (Å²) in [6.07, 6.45) is 0.336. The Morgan fingerprint density at radius 3 is 2.38 bits per heavy atom. The largest absolute Gasteiger partial charge is 0.480 e. The van der Waals surface area contributed by atoms with Crippen LogP contribution in [0.3, 0.4) is 0 Å². The Labute approximate surface area is 46.5 Å². The summed E-state index contributed by atoms with van der Waals surface area (Å²) in [5, 5.41) is 10.4. The normalized spacial score (nSPS) is 12.6.